The van der Waals surface area contributed by atoms with Gasteiger partial charge in [-0.05, 0) is 37.3 Å². The van der Waals surface area contributed by atoms with Crippen molar-refractivity contribution in [3.8, 4) is 0 Å². The number of anilines is 3. The number of carbonyl (C=O) groups is 1. The number of hydrogen-bond acceptors (Lipinski definition) is 4. The Balaban J connectivity index is 1.89. The lowest BCUT2D eigenvalue weighted by Gasteiger charge is -2.10. The molecule has 0 aliphatic carbocycles. The predicted octanol–water partition coefficient (Wildman–Crippen LogP) is 4.48. The molecule has 0 fully saturated rings. The normalized spacial score (nSPS) is 10.6. The van der Waals surface area contributed by atoms with Gasteiger partial charge in [-0.2, -0.15) is 0 Å². The molecule has 0 spiro atoms. The van der Waals surface area contributed by atoms with Crippen molar-refractivity contribution < 1.29 is 26.7 Å². The third kappa shape index (κ3) is 3.90. The van der Waals surface area contributed by atoms with E-state index in [9.17, 15) is 26.7 Å². The fraction of sp³-hybridized carbons (Fsp3) is 0.0556. The van der Waals surface area contributed by atoms with E-state index in [2.05, 4.69) is 15.3 Å². The Hall–Kier alpha value is -3.56. The van der Waals surface area contributed by atoms with Gasteiger partial charge in [0.1, 0.15) is 23.0 Å². The smallest absolute Gasteiger partial charge is 0.274 e. The molecule has 0 bridgehead atoms. The molecule has 1 aromatic heterocycles. The lowest BCUT2D eigenvalue weighted by Crippen LogP contribution is -2.17. The lowest BCUT2D eigenvalue weighted by atomic mass is 10.2. The van der Waals surface area contributed by atoms with Crippen molar-refractivity contribution in [1.82, 2.24) is 9.97 Å². The summed E-state index contributed by atoms with van der Waals surface area (Å²) in [6.45, 7) is 1.49. The first-order valence-electron chi connectivity index (χ1n) is 7.78. The Morgan fingerprint density at radius 2 is 1.57 bits per heavy atom. The molecule has 0 atom stereocenters. The van der Waals surface area contributed by atoms with Crippen molar-refractivity contribution in [2.24, 2.45) is 0 Å². The maximum Gasteiger partial charge on any atom is 0.274 e. The molecule has 1 amide bonds. The van der Waals surface area contributed by atoms with Gasteiger partial charge >= 0.3 is 0 Å². The first-order valence-corrected chi connectivity index (χ1v) is 7.78. The van der Waals surface area contributed by atoms with Crippen molar-refractivity contribution >= 4 is 23.2 Å². The molecule has 0 aliphatic rings. The van der Waals surface area contributed by atoms with E-state index in [-0.39, 0.29) is 17.3 Å². The monoisotopic (exact) mass is 394 g/mol. The third-order valence-corrected chi connectivity index (χ3v) is 3.57. The minimum absolute atomic E-state index is 0.255. The van der Waals surface area contributed by atoms with Gasteiger partial charge in [0, 0.05) is 5.69 Å². The molecule has 2 N–H and O–H groups in total. The highest BCUT2D eigenvalue weighted by Gasteiger charge is 2.18. The minimum Gasteiger partial charge on any atom is -0.319 e. The molecule has 144 valence electrons. The van der Waals surface area contributed by atoms with Crippen LogP contribution in [-0.2, 0) is 0 Å². The van der Waals surface area contributed by atoms with Crippen LogP contribution in [0.25, 0.3) is 0 Å². The number of para-hydroxylation sites is 1. The van der Waals surface area contributed by atoms with Gasteiger partial charge in [-0.15, -0.1) is 0 Å². The molecule has 5 nitrogen and oxygen atoms in total. The lowest BCUT2D eigenvalue weighted by molar-refractivity contribution is 0.102. The average molecular weight is 394 g/mol. The number of halogens is 5. The topological polar surface area (TPSA) is 66.9 Å². The maximum atomic E-state index is 13.8. The highest BCUT2D eigenvalue weighted by atomic mass is 19.2. The minimum atomic E-state index is -1.74. The fourth-order valence-corrected chi connectivity index (χ4v) is 2.28. The second kappa shape index (κ2) is 7.59. The zero-order valence-electron chi connectivity index (χ0n) is 14.2. The van der Waals surface area contributed by atoms with Crippen LogP contribution >= 0.6 is 0 Å². The second-order valence-electron chi connectivity index (χ2n) is 5.62. The number of rotatable bonds is 4. The van der Waals surface area contributed by atoms with Crippen LogP contribution < -0.4 is 10.6 Å². The Morgan fingerprint density at radius 3 is 2.25 bits per heavy atom. The molecule has 0 saturated carbocycles. The first kappa shape index (κ1) is 19.2. The number of aryl methyl sites for hydroxylation is 1. The van der Waals surface area contributed by atoms with Gasteiger partial charge in [-0.3, -0.25) is 4.79 Å². The SMILES string of the molecule is Cc1cc(C(=O)Nc2ccc(F)c(F)c2F)nc(Nc2c(F)cccc2F)n1. The van der Waals surface area contributed by atoms with Crippen molar-refractivity contribution in [2.45, 2.75) is 6.92 Å². The summed E-state index contributed by atoms with van der Waals surface area (Å²) in [5.41, 5.74) is -1.16. The number of nitrogens with one attached hydrogen (secondary N) is 2. The van der Waals surface area contributed by atoms with Crippen molar-refractivity contribution in [1.29, 1.82) is 0 Å². The fourth-order valence-electron chi connectivity index (χ4n) is 2.28. The first-order chi connectivity index (χ1) is 13.3. The summed E-state index contributed by atoms with van der Waals surface area (Å²) in [4.78, 5) is 20.0. The number of nitrogens with zero attached hydrogens (tertiary/aromatic N) is 2. The van der Waals surface area contributed by atoms with Gasteiger partial charge in [0.25, 0.3) is 5.91 Å². The molecular weight excluding hydrogens is 383 g/mol. The summed E-state index contributed by atoms with van der Waals surface area (Å²) in [6, 6.07) is 5.90. The van der Waals surface area contributed by atoms with Gasteiger partial charge < -0.3 is 10.6 Å². The number of amides is 1. The second-order valence-corrected chi connectivity index (χ2v) is 5.62. The number of hydrogen-bond donors (Lipinski definition) is 2. The van der Waals surface area contributed by atoms with Crippen LogP contribution in [0.2, 0.25) is 0 Å². The number of benzene rings is 2. The Labute approximate surface area is 155 Å². The van der Waals surface area contributed by atoms with Crippen LogP contribution in [-0.4, -0.2) is 15.9 Å². The predicted molar refractivity (Wildman–Crippen MR) is 90.7 cm³/mol. The van der Waals surface area contributed by atoms with Crippen LogP contribution in [0.3, 0.4) is 0 Å². The van der Waals surface area contributed by atoms with E-state index < -0.39 is 46.4 Å². The molecule has 1 heterocycles. The summed E-state index contributed by atoms with van der Waals surface area (Å²) in [5, 5.41) is 4.38. The average Bonchev–Trinajstić information content (AvgIpc) is 2.65. The number of carbonyl (C=O) groups excluding carboxylic acids is 1. The third-order valence-electron chi connectivity index (χ3n) is 3.57. The quantitative estimate of drug-likeness (QED) is 0.506. The maximum absolute atomic E-state index is 13.8. The van der Waals surface area contributed by atoms with Crippen LogP contribution in [0.5, 0.6) is 0 Å². The molecule has 0 unspecified atom stereocenters. The molecule has 28 heavy (non-hydrogen) atoms. The van der Waals surface area contributed by atoms with E-state index in [4.69, 9.17) is 0 Å². The van der Waals surface area contributed by atoms with E-state index in [1.54, 1.807) is 0 Å². The van der Waals surface area contributed by atoms with Crippen LogP contribution in [0, 0.1) is 36.0 Å². The van der Waals surface area contributed by atoms with Gasteiger partial charge in [0.15, 0.2) is 17.5 Å². The summed E-state index contributed by atoms with van der Waals surface area (Å²) in [6.07, 6.45) is 0. The summed E-state index contributed by atoms with van der Waals surface area (Å²) in [5.74, 6) is -7.79. The molecule has 0 saturated heterocycles. The molecule has 10 heteroatoms. The highest BCUT2D eigenvalue weighted by molar-refractivity contribution is 6.03. The molecule has 0 radical (unpaired) electrons. The van der Waals surface area contributed by atoms with Gasteiger partial charge in [-0.25, -0.2) is 31.9 Å². The van der Waals surface area contributed by atoms with E-state index >= 15 is 0 Å². The Kier molecular flexibility index (Phi) is 5.21. The van der Waals surface area contributed by atoms with Gasteiger partial charge in [0.05, 0.1) is 5.69 Å². The molecule has 2 aromatic carbocycles. The van der Waals surface area contributed by atoms with E-state index in [0.717, 1.165) is 18.2 Å². The van der Waals surface area contributed by atoms with E-state index in [1.165, 1.54) is 19.1 Å². The van der Waals surface area contributed by atoms with Gasteiger partial charge in [-0.1, -0.05) is 6.07 Å². The summed E-state index contributed by atoms with van der Waals surface area (Å²) >= 11 is 0. The molecule has 3 rings (SSSR count). The zero-order valence-corrected chi connectivity index (χ0v) is 14.2. The van der Waals surface area contributed by atoms with Crippen molar-refractivity contribution in [3.63, 3.8) is 0 Å². The van der Waals surface area contributed by atoms with Gasteiger partial charge in [0.2, 0.25) is 5.95 Å². The molecular formula is C18H11F5N4O. The van der Waals surface area contributed by atoms with Crippen molar-refractivity contribution in [2.75, 3.05) is 10.6 Å². The van der Waals surface area contributed by atoms with Crippen LogP contribution in [0.4, 0.5) is 39.3 Å². The molecule has 0 aliphatic heterocycles. The Bertz CT molecular complexity index is 1050. The molecule has 3 aromatic rings. The summed E-state index contributed by atoms with van der Waals surface area (Å²) in [7, 11) is 0. The van der Waals surface area contributed by atoms with E-state index in [0.29, 0.717) is 6.07 Å². The summed E-state index contributed by atoms with van der Waals surface area (Å²) < 4.78 is 67.5. The van der Waals surface area contributed by atoms with Crippen molar-refractivity contribution in [3.05, 3.63) is 76.9 Å². The highest BCUT2D eigenvalue weighted by Crippen LogP contribution is 2.23. The Morgan fingerprint density at radius 1 is 0.893 bits per heavy atom. The number of aromatic nitrogens is 2. The van der Waals surface area contributed by atoms with Crippen LogP contribution in [0.1, 0.15) is 16.2 Å². The largest absolute Gasteiger partial charge is 0.319 e. The zero-order chi connectivity index (χ0) is 20.4. The van der Waals surface area contributed by atoms with Crippen LogP contribution in [0.15, 0.2) is 36.4 Å². The standard InChI is InChI=1S/C18H11F5N4O/c1-8-7-13(17(28)25-12-6-5-9(19)14(22)15(12)23)26-18(24-8)27-16-10(20)3-2-4-11(16)21/h2-7H,1H3,(H,25,28)(H,24,26,27). The van der Waals surface area contributed by atoms with E-state index in [1.807, 2.05) is 5.32 Å².